The molecule has 6 heteroatoms. The molecule has 0 unspecified atom stereocenters. The molecule has 0 spiro atoms. The molecule has 1 heterocycles. The average molecular weight is 409 g/mol. The molecule has 6 nitrogen and oxygen atoms in total. The highest BCUT2D eigenvalue weighted by atomic mass is 16.5. The third-order valence-corrected chi connectivity index (χ3v) is 4.93. The average Bonchev–Trinajstić information content (AvgIpc) is 3.04. The van der Waals surface area contributed by atoms with Crippen LogP contribution in [0.4, 0.5) is 5.69 Å². The normalized spacial score (nSPS) is 11.0. The number of benzene rings is 2. The molecule has 0 atom stereocenters. The van der Waals surface area contributed by atoms with Crippen LogP contribution in [0.15, 0.2) is 40.8 Å². The zero-order chi connectivity index (χ0) is 21.8. The lowest BCUT2D eigenvalue weighted by atomic mass is 9.98. The monoisotopic (exact) mass is 409 g/mol. The van der Waals surface area contributed by atoms with Gasteiger partial charge in [0, 0.05) is 16.6 Å². The van der Waals surface area contributed by atoms with E-state index in [0.29, 0.717) is 23.5 Å². The summed E-state index contributed by atoms with van der Waals surface area (Å²) >= 11 is 0. The van der Waals surface area contributed by atoms with Crippen molar-refractivity contribution in [1.82, 2.24) is 0 Å². The number of carbonyl (C=O) groups excluding carboxylic acids is 2. The number of carbonyl (C=O) groups is 2. The SMILES string of the molecule is CCOc1ccc2oc(C(=O)OCC(=O)Nc3c(C)cccc3C(C)C)c(C)c2c1. The summed E-state index contributed by atoms with van der Waals surface area (Å²) in [5, 5.41) is 3.64. The number of anilines is 1. The lowest BCUT2D eigenvalue weighted by Gasteiger charge is -2.16. The van der Waals surface area contributed by atoms with Crippen LogP contribution in [0.1, 0.15) is 53.9 Å². The van der Waals surface area contributed by atoms with Crippen LogP contribution in [0, 0.1) is 13.8 Å². The summed E-state index contributed by atoms with van der Waals surface area (Å²) in [6.07, 6.45) is 0. The molecule has 0 bridgehead atoms. The second-order valence-electron chi connectivity index (χ2n) is 7.47. The molecule has 1 N–H and O–H groups in total. The minimum absolute atomic E-state index is 0.0882. The van der Waals surface area contributed by atoms with Crippen LogP contribution < -0.4 is 10.1 Å². The number of esters is 1. The number of aryl methyl sites for hydroxylation is 2. The van der Waals surface area contributed by atoms with Gasteiger partial charge in [0.15, 0.2) is 6.61 Å². The van der Waals surface area contributed by atoms with E-state index in [1.807, 2.05) is 38.1 Å². The number of amides is 1. The lowest BCUT2D eigenvalue weighted by Crippen LogP contribution is -2.22. The summed E-state index contributed by atoms with van der Waals surface area (Å²) in [6.45, 7) is 9.89. The minimum atomic E-state index is -0.675. The van der Waals surface area contributed by atoms with Crippen molar-refractivity contribution in [3.63, 3.8) is 0 Å². The lowest BCUT2D eigenvalue weighted by molar-refractivity contribution is -0.119. The molecule has 0 radical (unpaired) electrons. The van der Waals surface area contributed by atoms with Crippen molar-refractivity contribution in [3.05, 3.63) is 58.8 Å². The van der Waals surface area contributed by atoms with Crippen molar-refractivity contribution >= 4 is 28.5 Å². The number of nitrogens with one attached hydrogen (secondary N) is 1. The summed E-state index contributed by atoms with van der Waals surface area (Å²) in [5.41, 5.74) is 3.97. The molecule has 0 aliphatic rings. The Morgan fingerprint density at radius 1 is 1.13 bits per heavy atom. The third kappa shape index (κ3) is 4.48. The highest BCUT2D eigenvalue weighted by molar-refractivity contribution is 5.99. The molecule has 0 saturated carbocycles. The predicted molar refractivity (Wildman–Crippen MR) is 116 cm³/mol. The molecule has 3 rings (SSSR count). The van der Waals surface area contributed by atoms with Gasteiger partial charge in [-0.2, -0.15) is 0 Å². The smallest absolute Gasteiger partial charge is 0.375 e. The van der Waals surface area contributed by atoms with Crippen LogP contribution >= 0.6 is 0 Å². The Bertz CT molecular complexity index is 1080. The van der Waals surface area contributed by atoms with E-state index >= 15 is 0 Å². The molecule has 1 aromatic heterocycles. The fourth-order valence-corrected chi connectivity index (χ4v) is 3.37. The number of hydrogen-bond donors (Lipinski definition) is 1. The van der Waals surface area contributed by atoms with E-state index in [9.17, 15) is 9.59 Å². The molecule has 3 aromatic rings. The largest absolute Gasteiger partial charge is 0.494 e. The first-order valence-corrected chi connectivity index (χ1v) is 10.0. The molecule has 0 aliphatic carbocycles. The van der Waals surface area contributed by atoms with Gasteiger partial charge in [-0.25, -0.2) is 4.79 Å². The van der Waals surface area contributed by atoms with Crippen molar-refractivity contribution in [2.24, 2.45) is 0 Å². The molecule has 30 heavy (non-hydrogen) atoms. The molecule has 2 aromatic carbocycles. The minimum Gasteiger partial charge on any atom is -0.494 e. The van der Waals surface area contributed by atoms with Gasteiger partial charge in [-0.15, -0.1) is 0 Å². The predicted octanol–water partition coefficient (Wildman–Crippen LogP) is 5.37. The number of furan rings is 1. The van der Waals surface area contributed by atoms with Crippen LogP contribution in [-0.4, -0.2) is 25.1 Å². The maximum Gasteiger partial charge on any atom is 0.375 e. The summed E-state index contributed by atoms with van der Waals surface area (Å²) in [7, 11) is 0. The van der Waals surface area contributed by atoms with Crippen LogP contribution in [0.5, 0.6) is 5.75 Å². The number of hydrogen-bond acceptors (Lipinski definition) is 5. The van der Waals surface area contributed by atoms with E-state index in [4.69, 9.17) is 13.9 Å². The van der Waals surface area contributed by atoms with E-state index < -0.39 is 18.5 Å². The molecular weight excluding hydrogens is 382 g/mol. The van der Waals surface area contributed by atoms with Crippen LogP contribution in [0.2, 0.25) is 0 Å². The van der Waals surface area contributed by atoms with Gasteiger partial charge in [0.2, 0.25) is 5.76 Å². The van der Waals surface area contributed by atoms with Crippen molar-refractivity contribution < 1.29 is 23.5 Å². The van der Waals surface area contributed by atoms with Gasteiger partial charge in [0.25, 0.3) is 5.91 Å². The van der Waals surface area contributed by atoms with Gasteiger partial charge in [-0.3, -0.25) is 4.79 Å². The molecule has 0 fully saturated rings. The van der Waals surface area contributed by atoms with Crippen molar-refractivity contribution in [1.29, 1.82) is 0 Å². The first-order chi connectivity index (χ1) is 14.3. The Hall–Kier alpha value is -3.28. The van der Waals surface area contributed by atoms with Gasteiger partial charge in [0.05, 0.1) is 6.61 Å². The van der Waals surface area contributed by atoms with Gasteiger partial charge < -0.3 is 19.2 Å². The van der Waals surface area contributed by atoms with Crippen molar-refractivity contribution in [2.45, 2.75) is 40.5 Å². The Balaban J connectivity index is 1.70. The van der Waals surface area contributed by atoms with Gasteiger partial charge in [0.1, 0.15) is 11.3 Å². The quantitative estimate of drug-likeness (QED) is 0.531. The molecule has 0 saturated heterocycles. The highest BCUT2D eigenvalue weighted by Gasteiger charge is 2.21. The van der Waals surface area contributed by atoms with Crippen LogP contribution in [-0.2, 0) is 9.53 Å². The number of rotatable bonds is 7. The topological polar surface area (TPSA) is 77.8 Å². The third-order valence-electron chi connectivity index (χ3n) is 4.93. The van der Waals surface area contributed by atoms with Crippen molar-refractivity contribution in [2.75, 3.05) is 18.5 Å². The molecular formula is C24H27NO5. The van der Waals surface area contributed by atoms with Gasteiger partial charge >= 0.3 is 5.97 Å². The molecule has 0 aliphatic heterocycles. The maximum atomic E-state index is 12.5. The summed E-state index contributed by atoms with van der Waals surface area (Å²) < 4.78 is 16.4. The van der Waals surface area contributed by atoms with Crippen LogP contribution in [0.3, 0.4) is 0 Å². The van der Waals surface area contributed by atoms with E-state index in [-0.39, 0.29) is 11.7 Å². The Morgan fingerprint density at radius 3 is 2.60 bits per heavy atom. The Labute approximate surface area is 176 Å². The highest BCUT2D eigenvalue weighted by Crippen LogP contribution is 2.30. The van der Waals surface area contributed by atoms with E-state index in [1.165, 1.54) is 0 Å². The fraction of sp³-hybridized carbons (Fsp3) is 0.333. The zero-order valence-electron chi connectivity index (χ0n) is 18.0. The Kier molecular flexibility index (Phi) is 6.45. The molecule has 1 amide bonds. The standard InChI is InChI=1S/C24H27NO5/c1-6-28-17-10-11-20-19(12-17)16(5)23(30-20)24(27)29-13-21(26)25-22-15(4)8-7-9-18(22)14(2)3/h7-12,14H,6,13H2,1-5H3,(H,25,26). The van der Waals surface area contributed by atoms with Crippen LogP contribution in [0.25, 0.3) is 11.0 Å². The van der Waals surface area contributed by atoms with E-state index in [1.54, 1.807) is 19.1 Å². The number of fused-ring (bicyclic) bond motifs is 1. The van der Waals surface area contributed by atoms with Gasteiger partial charge in [-0.1, -0.05) is 32.0 Å². The first-order valence-electron chi connectivity index (χ1n) is 10.0. The Morgan fingerprint density at radius 2 is 1.90 bits per heavy atom. The van der Waals surface area contributed by atoms with E-state index in [0.717, 1.165) is 22.2 Å². The summed E-state index contributed by atoms with van der Waals surface area (Å²) in [6, 6.07) is 11.2. The maximum absolute atomic E-state index is 12.5. The second-order valence-corrected chi connectivity index (χ2v) is 7.47. The van der Waals surface area contributed by atoms with Crippen molar-refractivity contribution in [3.8, 4) is 5.75 Å². The first kappa shape index (κ1) is 21.4. The number of ether oxygens (including phenoxy) is 2. The zero-order valence-corrected chi connectivity index (χ0v) is 18.0. The summed E-state index contributed by atoms with van der Waals surface area (Å²) in [5.74, 6) is -0.0299. The summed E-state index contributed by atoms with van der Waals surface area (Å²) in [4.78, 5) is 24.9. The van der Waals surface area contributed by atoms with E-state index in [2.05, 4.69) is 19.2 Å². The number of para-hydroxylation sites is 1. The molecule has 158 valence electrons. The second kappa shape index (κ2) is 9.03. The van der Waals surface area contributed by atoms with Gasteiger partial charge in [-0.05, 0) is 56.0 Å². The fourth-order valence-electron chi connectivity index (χ4n) is 3.37.